The Balaban J connectivity index is 2.30. The van der Waals surface area contributed by atoms with Crippen LogP contribution in [0.3, 0.4) is 0 Å². The number of morpholine rings is 1. The quantitative estimate of drug-likeness (QED) is 0.472. The van der Waals surface area contributed by atoms with Crippen LogP contribution in [0.5, 0.6) is 0 Å². The molecular weight excluding hydrogens is 260 g/mol. The van der Waals surface area contributed by atoms with E-state index in [4.69, 9.17) is 4.74 Å². The lowest BCUT2D eigenvalue weighted by Crippen LogP contribution is -2.36. The highest BCUT2D eigenvalue weighted by atomic mass is 16.6. The first kappa shape index (κ1) is 14.3. The third-order valence-corrected chi connectivity index (χ3v) is 2.99. The standard InChI is InChI=1S/C13H18N4O3/c1-15(2)14-10-11-3-4-12(13(9-11)17(18)19)16-5-7-20-8-6-16/h3-4,9-10H,5-8H2,1-2H3. The molecule has 0 N–H and O–H groups in total. The van der Waals surface area contributed by atoms with E-state index in [0.717, 1.165) is 0 Å². The molecule has 0 spiro atoms. The number of anilines is 1. The first-order valence-electron chi connectivity index (χ1n) is 6.40. The Kier molecular flexibility index (Phi) is 4.52. The topological polar surface area (TPSA) is 71.2 Å². The van der Waals surface area contributed by atoms with Gasteiger partial charge in [0, 0.05) is 38.8 Å². The first-order chi connectivity index (χ1) is 9.58. The van der Waals surface area contributed by atoms with Gasteiger partial charge in [-0.3, -0.25) is 10.1 Å². The van der Waals surface area contributed by atoms with E-state index in [1.807, 2.05) is 11.0 Å². The van der Waals surface area contributed by atoms with Crippen LogP contribution in [-0.2, 0) is 4.74 Å². The van der Waals surface area contributed by atoms with Gasteiger partial charge >= 0.3 is 0 Å². The molecule has 0 aliphatic carbocycles. The second-order valence-corrected chi connectivity index (χ2v) is 4.70. The fourth-order valence-electron chi connectivity index (χ4n) is 2.02. The molecule has 0 aromatic heterocycles. The van der Waals surface area contributed by atoms with Gasteiger partial charge in [0.25, 0.3) is 5.69 Å². The third kappa shape index (κ3) is 3.45. The van der Waals surface area contributed by atoms with Gasteiger partial charge in [0.05, 0.1) is 24.4 Å². The van der Waals surface area contributed by atoms with Crippen LogP contribution in [0.2, 0.25) is 0 Å². The van der Waals surface area contributed by atoms with Gasteiger partial charge in [-0.15, -0.1) is 0 Å². The second kappa shape index (κ2) is 6.33. The van der Waals surface area contributed by atoms with Gasteiger partial charge in [0.1, 0.15) is 5.69 Å². The molecule has 7 heteroatoms. The zero-order chi connectivity index (χ0) is 14.5. The van der Waals surface area contributed by atoms with E-state index in [1.165, 1.54) is 0 Å². The van der Waals surface area contributed by atoms with E-state index in [1.54, 1.807) is 37.5 Å². The Morgan fingerprint density at radius 1 is 1.40 bits per heavy atom. The average Bonchev–Trinajstić information content (AvgIpc) is 2.45. The minimum Gasteiger partial charge on any atom is -0.378 e. The summed E-state index contributed by atoms with van der Waals surface area (Å²) in [5, 5.41) is 17.0. The summed E-state index contributed by atoms with van der Waals surface area (Å²) in [5.41, 5.74) is 1.46. The van der Waals surface area contributed by atoms with Crippen LogP contribution >= 0.6 is 0 Å². The molecule has 0 unspecified atom stereocenters. The van der Waals surface area contributed by atoms with Gasteiger partial charge in [-0.05, 0) is 6.07 Å². The minimum absolute atomic E-state index is 0.106. The van der Waals surface area contributed by atoms with Crippen molar-refractivity contribution in [2.45, 2.75) is 0 Å². The molecule has 0 bridgehead atoms. The van der Waals surface area contributed by atoms with Crippen LogP contribution in [0.15, 0.2) is 23.3 Å². The number of hydrogen-bond acceptors (Lipinski definition) is 6. The molecule has 2 rings (SSSR count). The number of nitrogens with zero attached hydrogens (tertiary/aromatic N) is 4. The Bertz CT molecular complexity index is 510. The summed E-state index contributed by atoms with van der Waals surface area (Å²) in [6.07, 6.45) is 1.61. The summed E-state index contributed by atoms with van der Waals surface area (Å²) in [7, 11) is 3.60. The minimum atomic E-state index is -0.349. The van der Waals surface area contributed by atoms with Crippen molar-refractivity contribution in [3.63, 3.8) is 0 Å². The zero-order valence-electron chi connectivity index (χ0n) is 11.7. The third-order valence-electron chi connectivity index (χ3n) is 2.99. The van der Waals surface area contributed by atoms with Gasteiger partial charge < -0.3 is 14.6 Å². The van der Waals surface area contributed by atoms with Crippen molar-refractivity contribution >= 4 is 17.6 Å². The molecule has 1 aromatic carbocycles. The maximum Gasteiger partial charge on any atom is 0.293 e. The number of ether oxygens (including phenoxy) is 1. The van der Waals surface area contributed by atoms with Gasteiger partial charge in [-0.25, -0.2) is 0 Å². The lowest BCUT2D eigenvalue weighted by atomic mass is 10.1. The van der Waals surface area contributed by atoms with Crippen molar-refractivity contribution < 1.29 is 9.66 Å². The van der Waals surface area contributed by atoms with E-state index in [9.17, 15) is 10.1 Å². The van der Waals surface area contributed by atoms with E-state index in [-0.39, 0.29) is 10.6 Å². The summed E-state index contributed by atoms with van der Waals surface area (Å²) >= 11 is 0. The highest BCUT2D eigenvalue weighted by Crippen LogP contribution is 2.29. The SMILES string of the molecule is CN(C)N=Cc1ccc(N2CCOCC2)c([N+](=O)[O-])c1. The average molecular weight is 278 g/mol. The number of benzene rings is 1. The Hall–Kier alpha value is -2.15. The molecule has 7 nitrogen and oxygen atoms in total. The molecule has 1 saturated heterocycles. The highest BCUT2D eigenvalue weighted by Gasteiger charge is 2.21. The molecule has 0 radical (unpaired) electrons. The van der Waals surface area contributed by atoms with Crippen molar-refractivity contribution in [3.05, 3.63) is 33.9 Å². The van der Waals surface area contributed by atoms with Crippen molar-refractivity contribution in [2.24, 2.45) is 5.10 Å². The maximum atomic E-state index is 11.2. The Morgan fingerprint density at radius 2 is 2.10 bits per heavy atom. The summed E-state index contributed by atoms with van der Waals surface area (Å²) in [6, 6.07) is 5.17. The van der Waals surface area contributed by atoms with Crippen molar-refractivity contribution in [2.75, 3.05) is 45.3 Å². The molecule has 1 heterocycles. The van der Waals surface area contributed by atoms with Gasteiger partial charge in [-0.1, -0.05) is 6.07 Å². The van der Waals surface area contributed by atoms with Crippen LogP contribution in [0.25, 0.3) is 0 Å². The van der Waals surface area contributed by atoms with Crippen molar-refractivity contribution in [1.29, 1.82) is 0 Å². The van der Waals surface area contributed by atoms with Crippen LogP contribution in [0.4, 0.5) is 11.4 Å². The highest BCUT2D eigenvalue weighted by molar-refractivity contribution is 5.83. The number of hydrazone groups is 1. The Labute approximate surface area is 117 Å². The number of hydrogen-bond donors (Lipinski definition) is 0. The molecule has 0 amide bonds. The summed E-state index contributed by atoms with van der Waals surface area (Å²) in [4.78, 5) is 12.9. The van der Waals surface area contributed by atoms with Crippen LogP contribution in [-0.4, -0.2) is 56.5 Å². The molecule has 0 atom stereocenters. The lowest BCUT2D eigenvalue weighted by molar-refractivity contribution is -0.384. The smallest absolute Gasteiger partial charge is 0.293 e. The van der Waals surface area contributed by atoms with Gasteiger partial charge in [-0.2, -0.15) is 5.10 Å². The van der Waals surface area contributed by atoms with Crippen LogP contribution < -0.4 is 4.90 Å². The second-order valence-electron chi connectivity index (χ2n) is 4.70. The fraction of sp³-hybridized carbons (Fsp3) is 0.462. The van der Waals surface area contributed by atoms with Crippen LogP contribution in [0.1, 0.15) is 5.56 Å². The number of rotatable bonds is 4. The van der Waals surface area contributed by atoms with E-state index >= 15 is 0 Å². The van der Waals surface area contributed by atoms with Crippen LogP contribution in [0, 0.1) is 10.1 Å². The molecule has 0 saturated carbocycles. The fourth-order valence-corrected chi connectivity index (χ4v) is 2.02. The Morgan fingerprint density at radius 3 is 2.70 bits per heavy atom. The summed E-state index contributed by atoms with van der Waals surface area (Å²) in [6.45, 7) is 2.54. The van der Waals surface area contributed by atoms with E-state index in [0.29, 0.717) is 37.6 Å². The monoisotopic (exact) mass is 278 g/mol. The number of nitro benzene ring substituents is 1. The molecular formula is C13H18N4O3. The summed E-state index contributed by atoms with van der Waals surface area (Å²) < 4.78 is 5.27. The van der Waals surface area contributed by atoms with Gasteiger partial charge in [0.15, 0.2) is 0 Å². The molecule has 1 fully saturated rings. The predicted octanol–water partition coefficient (Wildman–Crippen LogP) is 1.33. The molecule has 1 aliphatic heterocycles. The first-order valence-corrected chi connectivity index (χ1v) is 6.40. The van der Waals surface area contributed by atoms with E-state index < -0.39 is 0 Å². The normalized spacial score (nSPS) is 15.6. The molecule has 20 heavy (non-hydrogen) atoms. The zero-order valence-corrected chi connectivity index (χ0v) is 11.7. The maximum absolute atomic E-state index is 11.2. The van der Waals surface area contributed by atoms with Gasteiger partial charge in [0.2, 0.25) is 0 Å². The number of nitro groups is 1. The largest absolute Gasteiger partial charge is 0.378 e. The van der Waals surface area contributed by atoms with Crippen molar-refractivity contribution in [1.82, 2.24) is 5.01 Å². The predicted molar refractivity (Wildman–Crippen MR) is 77.4 cm³/mol. The molecule has 108 valence electrons. The molecule has 1 aromatic rings. The lowest BCUT2D eigenvalue weighted by Gasteiger charge is -2.28. The van der Waals surface area contributed by atoms with Crippen molar-refractivity contribution in [3.8, 4) is 0 Å². The van der Waals surface area contributed by atoms with E-state index in [2.05, 4.69) is 5.10 Å². The molecule has 1 aliphatic rings. The summed E-state index contributed by atoms with van der Waals surface area (Å²) in [5.74, 6) is 0.